The first kappa shape index (κ1) is 51.8. The van der Waals surface area contributed by atoms with E-state index in [2.05, 4.69) is 20.4 Å². The van der Waals surface area contributed by atoms with Crippen molar-refractivity contribution in [3.8, 4) is 0 Å². The number of ether oxygens (including phenoxy) is 1. The number of anilines is 4. The molecule has 3 N–H and O–H groups in total. The first-order chi connectivity index (χ1) is 29.2. The summed E-state index contributed by atoms with van der Waals surface area (Å²) in [5.41, 5.74) is 5.53. The lowest BCUT2D eigenvalue weighted by atomic mass is 10.2. The second-order valence-electron chi connectivity index (χ2n) is 15.5. The van der Waals surface area contributed by atoms with Gasteiger partial charge in [0.1, 0.15) is 18.7 Å². The molecule has 0 bridgehead atoms. The van der Waals surface area contributed by atoms with E-state index in [1.165, 1.54) is 13.8 Å². The lowest BCUT2D eigenvalue weighted by Crippen LogP contribution is -2.49. The third kappa shape index (κ3) is 12.9. The Hall–Kier alpha value is -4.79. The summed E-state index contributed by atoms with van der Waals surface area (Å²) in [5, 5.41) is 9.43. The first-order valence-electron chi connectivity index (χ1n) is 19.2. The minimum atomic E-state index is -4.70. The second-order valence-corrected chi connectivity index (χ2v) is 17.1. The molecule has 0 saturated carbocycles. The van der Waals surface area contributed by atoms with Crippen LogP contribution in [0.1, 0.15) is 51.0 Å². The number of amides is 3. The van der Waals surface area contributed by atoms with Crippen molar-refractivity contribution in [3.63, 3.8) is 0 Å². The fraction of sp³-hybridized carbons (Fsp3) is 0.475. The van der Waals surface area contributed by atoms with Crippen LogP contribution in [-0.4, -0.2) is 105 Å². The zero-order valence-electron chi connectivity index (χ0n) is 34.6. The molecule has 2 aromatic carbocycles. The molecule has 4 heterocycles. The highest BCUT2D eigenvalue weighted by atomic mass is 35.5. The number of aromatic nitrogens is 4. The van der Waals surface area contributed by atoms with Crippen LogP contribution in [0.4, 0.5) is 53.9 Å². The Morgan fingerprint density at radius 2 is 1.06 bits per heavy atom. The maximum atomic E-state index is 13.0. The minimum Gasteiger partial charge on any atom is -0.444 e. The molecule has 0 spiro atoms. The molecule has 352 valence electrons. The van der Waals surface area contributed by atoms with Crippen LogP contribution in [0.5, 0.6) is 0 Å². The normalized spacial score (nSPS) is 14.7. The quantitative estimate of drug-likeness (QED) is 0.137. The van der Waals surface area contributed by atoms with Crippen molar-refractivity contribution in [3.05, 3.63) is 79.3 Å². The van der Waals surface area contributed by atoms with Gasteiger partial charge in [-0.3, -0.25) is 24.3 Å². The van der Waals surface area contributed by atoms with Gasteiger partial charge in [-0.1, -0.05) is 53.8 Å². The molecule has 0 atom stereocenters. The number of alkyl halides is 6. The molecule has 2 saturated heterocycles. The van der Waals surface area contributed by atoms with Gasteiger partial charge in [-0.05, 0) is 71.0 Å². The average Bonchev–Trinajstić information content (AvgIpc) is 3.65. The molecule has 64 heavy (non-hydrogen) atoms. The van der Waals surface area contributed by atoms with Crippen LogP contribution in [0.15, 0.2) is 36.4 Å². The number of nitrogen functional groups attached to an aromatic ring is 1. The van der Waals surface area contributed by atoms with Crippen LogP contribution in [0.3, 0.4) is 0 Å². The summed E-state index contributed by atoms with van der Waals surface area (Å²) < 4.78 is 85.1. The number of nitrogens with two attached hydrogens (primary N) is 1. The molecule has 2 aliphatic rings. The molecule has 24 heteroatoms. The third-order valence-electron chi connectivity index (χ3n) is 9.93. The first-order valence-corrected chi connectivity index (χ1v) is 20.7. The van der Waals surface area contributed by atoms with E-state index in [-0.39, 0.29) is 43.7 Å². The fourth-order valence-corrected chi connectivity index (χ4v) is 7.32. The molecule has 2 aromatic heterocycles. The summed E-state index contributed by atoms with van der Waals surface area (Å²) in [5.74, 6) is -0.671. The van der Waals surface area contributed by atoms with Gasteiger partial charge in [0.05, 0.1) is 42.9 Å². The zero-order valence-corrected chi connectivity index (χ0v) is 37.6. The Morgan fingerprint density at radius 3 is 1.42 bits per heavy atom. The molecule has 2 aliphatic heterocycles. The zero-order chi connectivity index (χ0) is 46.8. The van der Waals surface area contributed by atoms with E-state index >= 15 is 0 Å². The highest BCUT2D eigenvalue weighted by Gasteiger charge is 2.40. The van der Waals surface area contributed by atoms with Crippen molar-refractivity contribution in [1.82, 2.24) is 29.4 Å². The molecule has 2 fully saturated rings. The summed E-state index contributed by atoms with van der Waals surface area (Å²) in [6.45, 7) is 11.1. The standard InChI is InChI=1S/C22H26Cl2F3N5O3.C17H18Cl2F3N5O.CH4/c1-13-18(24)19(22(25,26)27)29-32(13)12-17(33)31-9-7-30(8-10-31)14-5-6-15(23)16(11-14)28-20(34)35-21(2,3)4;1-10-15(19)16(17(20,21)22)24-27(10)9-14(28)26-6-4-25(5-7-26)11-2-3-12(18)13(23)8-11;/h5-6,11H,7-10,12H2,1-4H3,(H,28,34);2-3,8H,4-7,9,23H2,1H3;1H4. The van der Waals surface area contributed by atoms with Crippen LogP contribution < -0.4 is 20.9 Å². The number of benzene rings is 2. The van der Waals surface area contributed by atoms with Crippen LogP contribution in [0, 0.1) is 13.8 Å². The molecular formula is C40H48Cl4F6N10O4. The Balaban J connectivity index is 0.000000283. The number of hydrogen-bond donors (Lipinski definition) is 2. The van der Waals surface area contributed by atoms with E-state index in [0.717, 1.165) is 20.7 Å². The summed E-state index contributed by atoms with van der Waals surface area (Å²) in [4.78, 5) is 44.6. The number of carbonyl (C=O) groups excluding carboxylic acids is 3. The van der Waals surface area contributed by atoms with Gasteiger partial charge in [-0.2, -0.15) is 36.5 Å². The molecule has 14 nitrogen and oxygen atoms in total. The van der Waals surface area contributed by atoms with Crippen molar-refractivity contribution in [1.29, 1.82) is 0 Å². The van der Waals surface area contributed by atoms with Gasteiger partial charge in [0.15, 0.2) is 11.4 Å². The topological polar surface area (TPSA) is 147 Å². The number of halogens is 10. The monoisotopic (exact) mass is 986 g/mol. The number of carbonyl (C=O) groups is 3. The van der Waals surface area contributed by atoms with Crippen molar-refractivity contribution in [2.45, 2.75) is 73.1 Å². The van der Waals surface area contributed by atoms with Crippen LogP contribution in [-0.2, 0) is 39.8 Å². The van der Waals surface area contributed by atoms with Crippen LogP contribution >= 0.6 is 46.4 Å². The fourth-order valence-electron chi connectivity index (χ4n) is 6.55. The Bertz CT molecular complexity index is 2320. The Kier molecular flexibility index (Phi) is 16.7. The average molecular weight is 989 g/mol. The molecular weight excluding hydrogens is 940 g/mol. The number of nitrogens with zero attached hydrogens (tertiary/aromatic N) is 8. The summed E-state index contributed by atoms with van der Waals surface area (Å²) in [6.07, 6.45) is -9.99. The van der Waals surface area contributed by atoms with Crippen molar-refractivity contribution < 1.29 is 45.5 Å². The van der Waals surface area contributed by atoms with E-state index in [1.54, 1.807) is 60.9 Å². The summed E-state index contributed by atoms with van der Waals surface area (Å²) in [6, 6.07) is 10.5. The van der Waals surface area contributed by atoms with Crippen molar-refractivity contribution >= 4 is 87.1 Å². The van der Waals surface area contributed by atoms with Gasteiger partial charge >= 0.3 is 18.4 Å². The van der Waals surface area contributed by atoms with Crippen molar-refractivity contribution in [2.75, 3.05) is 73.2 Å². The summed E-state index contributed by atoms with van der Waals surface area (Å²) >= 11 is 23.6. The van der Waals surface area contributed by atoms with Gasteiger partial charge < -0.3 is 30.1 Å². The number of nitrogens with one attached hydrogen (secondary N) is 1. The van der Waals surface area contributed by atoms with Crippen LogP contribution in [0.25, 0.3) is 0 Å². The molecule has 4 aromatic rings. The maximum Gasteiger partial charge on any atom is 0.436 e. The predicted molar refractivity (Wildman–Crippen MR) is 235 cm³/mol. The number of rotatable bonds is 7. The highest BCUT2D eigenvalue weighted by Crippen LogP contribution is 2.37. The minimum absolute atomic E-state index is 0. The largest absolute Gasteiger partial charge is 0.444 e. The number of hydrogen-bond acceptors (Lipinski definition) is 9. The van der Waals surface area contributed by atoms with Crippen LogP contribution in [0.2, 0.25) is 20.1 Å². The highest BCUT2D eigenvalue weighted by molar-refractivity contribution is 6.34. The lowest BCUT2D eigenvalue weighted by Gasteiger charge is -2.36. The van der Waals surface area contributed by atoms with Gasteiger partial charge in [-0.25, -0.2) is 4.79 Å². The molecule has 0 unspecified atom stereocenters. The van der Waals surface area contributed by atoms with E-state index in [0.29, 0.717) is 73.8 Å². The Labute approximate surface area is 386 Å². The second kappa shape index (κ2) is 20.6. The molecule has 0 aliphatic carbocycles. The van der Waals surface area contributed by atoms with E-state index in [4.69, 9.17) is 56.9 Å². The van der Waals surface area contributed by atoms with Crippen molar-refractivity contribution in [2.24, 2.45) is 0 Å². The molecule has 3 amide bonds. The van der Waals surface area contributed by atoms with E-state index in [9.17, 15) is 40.7 Å². The van der Waals surface area contributed by atoms with Gasteiger partial charge in [0.2, 0.25) is 11.8 Å². The van der Waals surface area contributed by atoms with E-state index in [1.807, 2.05) is 11.0 Å². The summed E-state index contributed by atoms with van der Waals surface area (Å²) in [7, 11) is 0. The molecule has 6 rings (SSSR count). The lowest BCUT2D eigenvalue weighted by molar-refractivity contribution is -0.142. The molecule has 0 radical (unpaired) electrons. The third-order valence-corrected chi connectivity index (χ3v) is 11.5. The maximum absolute atomic E-state index is 13.0. The smallest absolute Gasteiger partial charge is 0.436 e. The van der Waals surface area contributed by atoms with Gasteiger partial charge in [-0.15, -0.1) is 0 Å². The van der Waals surface area contributed by atoms with Gasteiger partial charge in [0.25, 0.3) is 0 Å². The predicted octanol–water partition coefficient (Wildman–Crippen LogP) is 9.30. The SMILES string of the molecule is C.Cc1c(Cl)c(C(F)(F)F)nn1CC(=O)N1CCN(c2ccc(Cl)c(N)c2)CC1.Cc1c(Cl)c(C(F)(F)F)nn1CC(=O)N1CCN(c2ccc(Cl)c(NC(=O)OC(C)(C)C)c2)CC1. The number of piperazine rings is 2. The Morgan fingerprint density at radius 1 is 0.672 bits per heavy atom. The van der Waals surface area contributed by atoms with Gasteiger partial charge in [0, 0.05) is 63.7 Å². The van der Waals surface area contributed by atoms with E-state index < -0.39 is 45.5 Å².